The van der Waals surface area contributed by atoms with E-state index in [4.69, 9.17) is 10.8 Å². The third-order valence-corrected chi connectivity index (χ3v) is 4.28. The summed E-state index contributed by atoms with van der Waals surface area (Å²) in [6.07, 6.45) is -0.831. The lowest BCUT2D eigenvalue weighted by molar-refractivity contribution is 0.102. The summed E-state index contributed by atoms with van der Waals surface area (Å²) in [6, 6.07) is 22.1. The Bertz CT molecular complexity index is 928. The number of hydrogen-bond acceptors (Lipinski definition) is 5. The highest BCUT2D eigenvalue weighted by atomic mass is 16.3. The van der Waals surface area contributed by atoms with Crippen molar-refractivity contribution in [1.82, 2.24) is 0 Å². The van der Waals surface area contributed by atoms with Crippen molar-refractivity contribution in [2.75, 3.05) is 29.5 Å². The standard InChI is InChI=1S/C22H23N3O3/c23-17-8-11-20(15-4-2-1-3-5-15)21(12-17)25-22(28)16-6-9-18(10-7-16)24-13-19(27)14-26/h1-12,19,24,26-27H,13-14,23H2,(H,25,28). The van der Waals surface area contributed by atoms with Crippen LogP contribution in [-0.4, -0.2) is 35.4 Å². The number of nitrogen functional groups attached to an aromatic ring is 1. The van der Waals surface area contributed by atoms with Gasteiger partial charge in [-0.1, -0.05) is 36.4 Å². The molecule has 6 heteroatoms. The molecule has 6 N–H and O–H groups in total. The smallest absolute Gasteiger partial charge is 0.255 e. The van der Waals surface area contributed by atoms with Crippen LogP contribution in [0.3, 0.4) is 0 Å². The minimum absolute atomic E-state index is 0.228. The molecule has 3 rings (SSSR count). The first-order valence-electron chi connectivity index (χ1n) is 8.96. The highest BCUT2D eigenvalue weighted by Gasteiger charge is 2.11. The van der Waals surface area contributed by atoms with Crippen molar-refractivity contribution in [3.05, 3.63) is 78.4 Å². The molecule has 0 aliphatic heterocycles. The molecule has 0 heterocycles. The fourth-order valence-corrected chi connectivity index (χ4v) is 2.77. The van der Waals surface area contributed by atoms with Crippen LogP contribution in [0.2, 0.25) is 0 Å². The number of amides is 1. The van der Waals surface area contributed by atoms with Crippen LogP contribution in [0, 0.1) is 0 Å². The fraction of sp³-hybridized carbons (Fsp3) is 0.136. The third-order valence-electron chi connectivity index (χ3n) is 4.28. The van der Waals surface area contributed by atoms with Crippen LogP contribution >= 0.6 is 0 Å². The van der Waals surface area contributed by atoms with Crippen molar-refractivity contribution in [2.45, 2.75) is 6.10 Å². The minimum atomic E-state index is -0.831. The first-order chi connectivity index (χ1) is 13.6. The summed E-state index contributed by atoms with van der Waals surface area (Å²) in [5, 5.41) is 24.1. The lowest BCUT2D eigenvalue weighted by Crippen LogP contribution is -2.22. The summed E-state index contributed by atoms with van der Waals surface area (Å²) in [6.45, 7) is -0.0801. The van der Waals surface area contributed by atoms with Gasteiger partial charge in [-0.3, -0.25) is 4.79 Å². The maximum atomic E-state index is 12.7. The van der Waals surface area contributed by atoms with Gasteiger partial charge in [0, 0.05) is 29.0 Å². The van der Waals surface area contributed by atoms with Crippen LogP contribution in [0.1, 0.15) is 10.4 Å². The van der Waals surface area contributed by atoms with E-state index < -0.39 is 6.10 Å². The second-order valence-corrected chi connectivity index (χ2v) is 6.42. The molecular weight excluding hydrogens is 354 g/mol. The summed E-state index contributed by atoms with van der Waals surface area (Å²) in [5.41, 5.74) is 10.2. The molecule has 144 valence electrons. The summed E-state index contributed by atoms with van der Waals surface area (Å²) in [7, 11) is 0. The largest absolute Gasteiger partial charge is 0.399 e. The Labute approximate surface area is 163 Å². The van der Waals surface area contributed by atoms with Crippen molar-refractivity contribution >= 4 is 23.0 Å². The maximum Gasteiger partial charge on any atom is 0.255 e. The normalized spacial score (nSPS) is 11.6. The van der Waals surface area contributed by atoms with Crippen LogP contribution < -0.4 is 16.4 Å². The topological polar surface area (TPSA) is 108 Å². The van der Waals surface area contributed by atoms with Gasteiger partial charge in [-0.15, -0.1) is 0 Å². The monoisotopic (exact) mass is 377 g/mol. The number of rotatable bonds is 7. The SMILES string of the molecule is Nc1ccc(-c2ccccc2)c(NC(=O)c2ccc(NCC(O)CO)cc2)c1. The van der Waals surface area contributed by atoms with Gasteiger partial charge < -0.3 is 26.6 Å². The van der Waals surface area contributed by atoms with Crippen LogP contribution in [0.5, 0.6) is 0 Å². The van der Waals surface area contributed by atoms with Crippen LogP contribution in [0.25, 0.3) is 11.1 Å². The molecule has 6 nitrogen and oxygen atoms in total. The third kappa shape index (κ3) is 4.88. The molecule has 3 aromatic carbocycles. The Morgan fingerprint density at radius 2 is 1.71 bits per heavy atom. The molecule has 0 aliphatic carbocycles. The quantitative estimate of drug-likeness (QED) is 0.407. The van der Waals surface area contributed by atoms with E-state index in [-0.39, 0.29) is 19.1 Å². The summed E-state index contributed by atoms with van der Waals surface area (Å²) >= 11 is 0. The lowest BCUT2D eigenvalue weighted by atomic mass is 10.0. The van der Waals surface area contributed by atoms with Gasteiger partial charge in [0.15, 0.2) is 0 Å². The molecule has 0 aliphatic rings. The minimum Gasteiger partial charge on any atom is -0.399 e. The molecule has 0 spiro atoms. The van der Waals surface area contributed by atoms with E-state index in [1.807, 2.05) is 36.4 Å². The van der Waals surface area contributed by atoms with E-state index in [9.17, 15) is 9.90 Å². The average Bonchev–Trinajstić information content (AvgIpc) is 2.73. The zero-order valence-electron chi connectivity index (χ0n) is 15.3. The van der Waals surface area contributed by atoms with Crippen LogP contribution in [-0.2, 0) is 0 Å². The number of nitrogens with one attached hydrogen (secondary N) is 2. The molecule has 0 radical (unpaired) electrons. The molecule has 0 saturated carbocycles. The number of carbonyl (C=O) groups excluding carboxylic acids is 1. The Kier molecular flexibility index (Phi) is 6.26. The fourth-order valence-electron chi connectivity index (χ4n) is 2.77. The van der Waals surface area contributed by atoms with E-state index in [1.165, 1.54) is 0 Å². The number of nitrogens with two attached hydrogens (primary N) is 1. The number of hydrogen-bond donors (Lipinski definition) is 5. The predicted octanol–water partition coefficient (Wildman–Crippen LogP) is 2.95. The van der Waals surface area contributed by atoms with E-state index in [0.717, 1.165) is 16.8 Å². The second-order valence-electron chi connectivity index (χ2n) is 6.42. The van der Waals surface area contributed by atoms with E-state index >= 15 is 0 Å². The van der Waals surface area contributed by atoms with Gasteiger partial charge in [-0.2, -0.15) is 0 Å². The summed E-state index contributed by atoms with van der Waals surface area (Å²) < 4.78 is 0. The maximum absolute atomic E-state index is 12.7. The van der Waals surface area contributed by atoms with Crippen molar-refractivity contribution in [3.8, 4) is 11.1 Å². The molecular formula is C22H23N3O3. The highest BCUT2D eigenvalue weighted by Crippen LogP contribution is 2.30. The lowest BCUT2D eigenvalue weighted by Gasteiger charge is -2.13. The van der Waals surface area contributed by atoms with Gasteiger partial charge in [-0.25, -0.2) is 0 Å². The summed E-state index contributed by atoms with van der Waals surface area (Å²) in [5.74, 6) is -0.246. The van der Waals surface area contributed by atoms with Crippen molar-refractivity contribution in [1.29, 1.82) is 0 Å². The molecule has 1 atom stereocenters. The summed E-state index contributed by atoms with van der Waals surface area (Å²) in [4.78, 5) is 12.7. The Morgan fingerprint density at radius 1 is 1.00 bits per heavy atom. The van der Waals surface area contributed by atoms with Crippen LogP contribution in [0.4, 0.5) is 17.1 Å². The predicted molar refractivity (Wildman–Crippen MR) is 112 cm³/mol. The van der Waals surface area contributed by atoms with E-state index in [0.29, 0.717) is 16.9 Å². The Balaban J connectivity index is 1.75. The van der Waals surface area contributed by atoms with E-state index in [2.05, 4.69) is 10.6 Å². The van der Waals surface area contributed by atoms with Crippen molar-refractivity contribution in [3.63, 3.8) is 0 Å². The average molecular weight is 377 g/mol. The molecule has 3 aromatic rings. The number of carbonyl (C=O) groups is 1. The zero-order chi connectivity index (χ0) is 19.9. The number of benzene rings is 3. The molecule has 1 unspecified atom stereocenters. The first kappa shape index (κ1) is 19.4. The molecule has 0 bridgehead atoms. The molecule has 0 aromatic heterocycles. The van der Waals surface area contributed by atoms with Crippen molar-refractivity contribution in [2.24, 2.45) is 0 Å². The second kappa shape index (κ2) is 9.03. The molecule has 0 saturated heterocycles. The number of anilines is 3. The number of aliphatic hydroxyl groups is 2. The van der Waals surface area contributed by atoms with Gasteiger partial charge in [0.2, 0.25) is 0 Å². The van der Waals surface area contributed by atoms with E-state index in [1.54, 1.807) is 36.4 Å². The highest BCUT2D eigenvalue weighted by molar-refractivity contribution is 6.06. The molecule has 0 fully saturated rings. The Hall–Kier alpha value is -3.35. The van der Waals surface area contributed by atoms with Crippen molar-refractivity contribution < 1.29 is 15.0 Å². The Morgan fingerprint density at radius 3 is 2.39 bits per heavy atom. The van der Waals surface area contributed by atoms with Gasteiger partial charge >= 0.3 is 0 Å². The van der Waals surface area contributed by atoms with Crippen LogP contribution in [0.15, 0.2) is 72.8 Å². The molecule has 1 amide bonds. The molecule has 28 heavy (non-hydrogen) atoms. The van der Waals surface area contributed by atoms with Gasteiger partial charge in [0.05, 0.1) is 18.4 Å². The van der Waals surface area contributed by atoms with Gasteiger partial charge in [-0.05, 0) is 42.0 Å². The van der Waals surface area contributed by atoms with Gasteiger partial charge in [0.25, 0.3) is 5.91 Å². The van der Waals surface area contributed by atoms with Gasteiger partial charge in [0.1, 0.15) is 0 Å². The first-order valence-corrected chi connectivity index (χ1v) is 8.96. The number of aliphatic hydroxyl groups excluding tert-OH is 2. The zero-order valence-corrected chi connectivity index (χ0v) is 15.3.